The number of morpholine rings is 1. The largest absolute Gasteiger partial charge is 0.490 e. The number of nitrogens with one attached hydrogen (secondary N) is 3. The van der Waals surface area contributed by atoms with Gasteiger partial charge in [-0.2, -0.15) is 13.2 Å². The number of carbonyl (C=O) groups excluding carboxylic acids is 1. The van der Waals surface area contributed by atoms with Crippen LogP contribution < -0.4 is 20.9 Å². The van der Waals surface area contributed by atoms with Gasteiger partial charge >= 0.3 is 12.1 Å². The zero-order valence-electron chi connectivity index (χ0n) is 19.9. The van der Waals surface area contributed by atoms with Crippen molar-refractivity contribution in [3.63, 3.8) is 0 Å². The van der Waals surface area contributed by atoms with E-state index in [1.807, 2.05) is 30.3 Å². The van der Waals surface area contributed by atoms with E-state index in [0.29, 0.717) is 5.56 Å². The number of rotatable bonds is 6. The molecule has 0 unspecified atom stereocenters. The molecular weight excluding hydrogens is 491 g/mol. The molecular formula is C25H26F3N5O4. The predicted molar refractivity (Wildman–Crippen MR) is 134 cm³/mol. The Balaban J connectivity index is 0.000000479. The molecule has 12 heteroatoms. The summed E-state index contributed by atoms with van der Waals surface area (Å²) in [6.07, 6.45) is -3.34. The fraction of sp³-hybridized carbons (Fsp3) is 0.240. The van der Waals surface area contributed by atoms with Gasteiger partial charge in [-0.05, 0) is 48.5 Å². The first-order valence-electron chi connectivity index (χ1n) is 11.2. The number of ether oxygens (including phenoxy) is 1. The van der Waals surface area contributed by atoms with E-state index in [4.69, 9.17) is 14.6 Å². The zero-order valence-corrected chi connectivity index (χ0v) is 19.9. The van der Waals surface area contributed by atoms with Crippen LogP contribution in [0.2, 0.25) is 0 Å². The van der Waals surface area contributed by atoms with Crippen LogP contribution >= 0.6 is 0 Å². The molecule has 0 aliphatic carbocycles. The summed E-state index contributed by atoms with van der Waals surface area (Å²) < 4.78 is 37.1. The number of anilines is 5. The molecule has 4 N–H and O–H groups in total. The minimum Gasteiger partial charge on any atom is -0.475 e. The van der Waals surface area contributed by atoms with Crippen LogP contribution in [-0.2, 0) is 9.53 Å². The molecule has 1 fully saturated rings. The highest BCUT2D eigenvalue weighted by molar-refractivity contribution is 5.95. The Labute approximate surface area is 211 Å². The molecule has 0 radical (unpaired) electrons. The SMILES string of the molecule is CNC(=O)c1cccc(Nc2ccnc(Nc3ccc(N4CCOCC4)cc3)c2)c1.O=C(O)C(F)(F)F. The van der Waals surface area contributed by atoms with Crippen molar-refractivity contribution < 1.29 is 32.6 Å². The van der Waals surface area contributed by atoms with Gasteiger partial charge in [0.25, 0.3) is 5.91 Å². The summed E-state index contributed by atoms with van der Waals surface area (Å²) in [6, 6.07) is 19.5. The second kappa shape index (κ2) is 12.6. The van der Waals surface area contributed by atoms with Crippen molar-refractivity contribution >= 4 is 40.4 Å². The van der Waals surface area contributed by atoms with Gasteiger partial charge in [0.15, 0.2) is 0 Å². The second-order valence-corrected chi connectivity index (χ2v) is 7.79. The van der Waals surface area contributed by atoms with E-state index in [9.17, 15) is 18.0 Å². The average Bonchev–Trinajstić information content (AvgIpc) is 2.89. The highest BCUT2D eigenvalue weighted by Gasteiger charge is 2.38. The Morgan fingerprint density at radius 2 is 1.59 bits per heavy atom. The van der Waals surface area contributed by atoms with E-state index in [-0.39, 0.29) is 5.91 Å². The molecule has 1 aromatic heterocycles. The molecule has 1 saturated heterocycles. The number of hydrogen-bond acceptors (Lipinski definition) is 7. The van der Waals surface area contributed by atoms with Gasteiger partial charge < -0.3 is 30.7 Å². The van der Waals surface area contributed by atoms with Gasteiger partial charge in [-0.15, -0.1) is 0 Å². The van der Waals surface area contributed by atoms with Gasteiger partial charge in [-0.3, -0.25) is 4.79 Å². The lowest BCUT2D eigenvalue weighted by Gasteiger charge is -2.28. The lowest BCUT2D eigenvalue weighted by molar-refractivity contribution is -0.192. The van der Waals surface area contributed by atoms with Crippen LogP contribution in [0.25, 0.3) is 0 Å². The Hall–Kier alpha value is -4.32. The monoisotopic (exact) mass is 517 g/mol. The number of aromatic nitrogens is 1. The standard InChI is InChI=1S/C23H25N5O2.C2HF3O2/c1-24-23(29)17-3-2-4-19(15-17)26-20-9-10-25-22(16-20)27-18-5-7-21(8-6-18)28-11-13-30-14-12-28;3-2(4,5)1(6)7/h2-10,15-16H,11-14H2,1H3,(H,24,29)(H2,25,26,27);(H,6,7). The van der Waals surface area contributed by atoms with E-state index in [1.165, 1.54) is 5.69 Å². The molecule has 1 aliphatic heterocycles. The number of carboxylic acids is 1. The van der Waals surface area contributed by atoms with Gasteiger partial charge in [0, 0.05) is 60.7 Å². The smallest absolute Gasteiger partial charge is 0.475 e. The highest BCUT2D eigenvalue weighted by Crippen LogP contribution is 2.24. The molecule has 196 valence electrons. The average molecular weight is 518 g/mol. The Morgan fingerprint density at radius 3 is 2.22 bits per heavy atom. The number of carboxylic acid groups (broad SMARTS) is 1. The van der Waals surface area contributed by atoms with Crippen LogP contribution in [0.4, 0.5) is 41.7 Å². The van der Waals surface area contributed by atoms with Crippen molar-refractivity contribution in [2.75, 3.05) is 48.9 Å². The first kappa shape index (κ1) is 27.3. The molecule has 4 rings (SSSR count). The Bertz CT molecular complexity index is 1200. The number of alkyl halides is 3. The number of hydrogen-bond donors (Lipinski definition) is 4. The van der Waals surface area contributed by atoms with Crippen molar-refractivity contribution in [2.24, 2.45) is 0 Å². The molecule has 2 heterocycles. The molecule has 0 spiro atoms. The molecule has 3 aromatic rings. The fourth-order valence-electron chi connectivity index (χ4n) is 3.35. The summed E-state index contributed by atoms with van der Waals surface area (Å²) in [5, 5.41) is 16.4. The normalized spacial score (nSPS) is 13.1. The van der Waals surface area contributed by atoms with E-state index >= 15 is 0 Å². The summed E-state index contributed by atoms with van der Waals surface area (Å²) in [5.41, 5.74) is 4.49. The molecule has 0 bridgehead atoms. The second-order valence-electron chi connectivity index (χ2n) is 7.79. The number of halogens is 3. The quantitative estimate of drug-likeness (QED) is 0.380. The van der Waals surface area contributed by atoms with Crippen LogP contribution in [0, 0.1) is 0 Å². The zero-order chi connectivity index (χ0) is 26.8. The van der Waals surface area contributed by atoms with Gasteiger partial charge in [-0.1, -0.05) is 6.07 Å². The van der Waals surface area contributed by atoms with E-state index in [0.717, 1.165) is 49.2 Å². The first-order chi connectivity index (χ1) is 17.7. The lowest BCUT2D eigenvalue weighted by Crippen LogP contribution is -2.36. The van der Waals surface area contributed by atoms with Crippen LogP contribution in [-0.4, -0.2) is 61.5 Å². The minimum atomic E-state index is -5.08. The number of benzene rings is 2. The van der Waals surface area contributed by atoms with Crippen molar-refractivity contribution in [2.45, 2.75) is 6.18 Å². The van der Waals surface area contributed by atoms with Crippen molar-refractivity contribution in [3.05, 3.63) is 72.4 Å². The third-order valence-corrected chi connectivity index (χ3v) is 5.16. The predicted octanol–water partition coefficient (Wildman–Crippen LogP) is 4.40. The molecule has 1 aliphatic rings. The van der Waals surface area contributed by atoms with Gasteiger partial charge in [0.05, 0.1) is 13.2 Å². The van der Waals surface area contributed by atoms with Crippen molar-refractivity contribution in [1.82, 2.24) is 10.3 Å². The third kappa shape index (κ3) is 8.39. The van der Waals surface area contributed by atoms with E-state index < -0.39 is 12.1 Å². The third-order valence-electron chi connectivity index (χ3n) is 5.16. The summed E-state index contributed by atoms with van der Waals surface area (Å²) in [5.74, 6) is -2.13. The van der Waals surface area contributed by atoms with Crippen molar-refractivity contribution in [3.8, 4) is 0 Å². The van der Waals surface area contributed by atoms with E-state index in [2.05, 4.69) is 50.1 Å². The molecule has 9 nitrogen and oxygen atoms in total. The summed E-state index contributed by atoms with van der Waals surface area (Å²) >= 11 is 0. The van der Waals surface area contributed by atoms with Crippen LogP contribution in [0.15, 0.2) is 66.9 Å². The van der Waals surface area contributed by atoms with Gasteiger partial charge in [-0.25, -0.2) is 9.78 Å². The van der Waals surface area contributed by atoms with Crippen molar-refractivity contribution in [1.29, 1.82) is 0 Å². The minimum absolute atomic E-state index is 0.115. The summed E-state index contributed by atoms with van der Waals surface area (Å²) in [4.78, 5) is 27.5. The maximum Gasteiger partial charge on any atom is 0.490 e. The number of nitrogens with zero attached hydrogens (tertiary/aromatic N) is 2. The molecule has 2 aromatic carbocycles. The maximum absolute atomic E-state index is 11.8. The van der Waals surface area contributed by atoms with Crippen LogP contribution in [0.1, 0.15) is 10.4 Å². The van der Waals surface area contributed by atoms with Gasteiger partial charge in [0.2, 0.25) is 0 Å². The summed E-state index contributed by atoms with van der Waals surface area (Å²) in [6.45, 7) is 3.39. The number of carbonyl (C=O) groups is 2. The summed E-state index contributed by atoms with van der Waals surface area (Å²) in [7, 11) is 1.62. The maximum atomic E-state index is 11.8. The first-order valence-corrected chi connectivity index (χ1v) is 11.2. The molecule has 37 heavy (non-hydrogen) atoms. The number of amides is 1. The number of pyridine rings is 1. The van der Waals surface area contributed by atoms with Gasteiger partial charge in [0.1, 0.15) is 5.82 Å². The Kier molecular flexibility index (Phi) is 9.27. The lowest BCUT2D eigenvalue weighted by atomic mass is 10.2. The molecule has 1 amide bonds. The van der Waals surface area contributed by atoms with E-state index in [1.54, 1.807) is 19.3 Å². The molecule has 0 saturated carbocycles. The number of aliphatic carboxylic acids is 1. The topological polar surface area (TPSA) is 116 Å². The highest BCUT2D eigenvalue weighted by atomic mass is 19.4. The molecule has 0 atom stereocenters. The van der Waals surface area contributed by atoms with Crippen LogP contribution in [0.3, 0.4) is 0 Å². The van der Waals surface area contributed by atoms with Crippen LogP contribution in [0.5, 0.6) is 0 Å². The fourth-order valence-corrected chi connectivity index (χ4v) is 3.35. The Morgan fingerprint density at radius 1 is 0.946 bits per heavy atom.